The highest BCUT2D eigenvalue weighted by Gasteiger charge is 2.27. The van der Waals surface area contributed by atoms with Gasteiger partial charge in [0.15, 0.2) is 0 Å². The van der Waals surface area contributed by atoms with Crippen molar-refractivity contribution in [3.05, 3.63) is 0 Å². The molecular weight excluding hydrogens is 238 g/mol. The van der Waals surface area contributed by atoms with Crippen LogP contribution in [0.5, 0.6) is 0 Å². The highest BCUT2D eigenvalue weighted by molar-refractivity contribution is 5.85. The number of piperidine rings is 1. The Labute approximate surface area is 110 Å². The first-order valence-corrected chi connectivity index (χ1v) is 6.67. The molecular formula is C13H24ClNO2. The van der Waals surface area contributed by atoms with Crippen LogP contribution in [0.25, 0.3) is 0 Å². The summed E-state index contributed by atoms with van der Waals surface area (Å²) >= 11 is 0. The number of likely N-dealkylation sites (tertiary alicyclic amines) is 1. The molecule has 2 fully saturated rings. The number of rotatable bonds is 2. The van der Waals surface area contributed by atoms with E-state index in [9.17, 15) is 4.79 Å². The van der Waals surface area contributed by atoms with Crippen molar-refractivity contribution in [1.82, 2.24) is 4.90 Å². The Balaban J connectivity index is 0.00000144. The second-order valence-corrected chi connectivity index (χ2v) is 5.14. The third kappa shape index (κ3) is 4.47. The lowest BCUT2D eigenvalue weighted by atomic mass is 9.90. The Morgan fingerprint density at radius 1 is 1.06 bits per heavy atom. The van der Waals surface area contributed by atoms with Crippen molar-refractivity contribution in [3.8, 4) is 0 Å². The zero-order valence-electron chi connectivity index (χ0n) is 10.7. The van der Waals surface area contributed by atoms with Gasteiger partial charge in [0.1, 0.15) is 6.10 Å². The number of nitrogens with zero attached hydrogens (tertiary/aromatic N) is 1. The number of carbonyl (C=O) groups excluding carboxylic acids is 1. The van der Waals surface area contributed by atoms with Crippen molar-refractivity contribution in [2.45, 2.75) is 64.0 Å². The summed E-state index contributed by atoms with van der Waals surface area (Å²) in [6, 6.07) is 0.757. The SMILES string of the molecule is CC(=O)OC1CCC(N2CCCCC2)CC1.Cl. The van der Waals surface area contributed by atoms with Gasteiger partial charge in [-0.3, -0.25) is 4.79 Å². The molecule has 0 unspecified atom stereocenters. The normalized spacial score (nSPS) is 30.4. The molecule has 1 saturated carbocycles. The van der Waals surface area contributed by atoms with Crippen molar-refractivity contribution < 1.29 is 9.53 Å². The van der Waals surface area contributed by atoms with Gasteiger partial charge in [0.2, 0.25) is 0 Å². The summed E-state index contributed by atoms with van der Waals surface area (Å²) in [4.78, 5) is 13.5. The number of esters is 1. The number of hydrogen-bond acceptors (Lipinski definition) is 3. The summed E-state index contributed by atoms with van der Waals surface area (Å²) in [5, 5.41) is 0. The summed E-state index contributed by atoms with van der Waals surface area (Å²) in [5.74, 6) is -0.124. The van der Waals surface area contributed by atoms with E-state index in [1.54, 1.807) is 0 Å². The van der Waals surface area contributed by atoms with Gasteiger partial charge in [-0.25, -0.2) is 0 Å². The number of carbonyl (C=O) groups is 1. The van der Waals surface area contributed by atoms with Crippen molar-refractivity contribution >= 4 is 18.4 Å². The smallest absolute Gasteiger partial charge is 0.302 e. The minimum atomic E-state index is -0.124. The monoisotopic (exact) mass is 261 g/mol. The highest BCUT2D eigenvalue weighted by Crippen LogP contribution is 2.27. The third-order valence-electron chi connectivity index (χ3n) is 3.88. The maximum absolute atomic E-state index is 10.9. The van der Waals surface area contributed by atoms with Gasteiger partial charge in [-0.15, -0.1) is 12.4 Å². The Morgan fingerprint density at radius 2 is 1.65 bits per heavy atom. The summed E-state index contributed by atoms with van der Waals surface area (Å²) in [5.41, 5.74) is 0. The van der Waals surface area contributed by atoms with E-state index < -0.39 is 0 Å². The van der Waals surface area contributed by atoms with E-state index in [-0.39, 0.29) is 24.5 Å². The lowest BCUT2D eigenvalue weighted by molar-refractivity contribution is -0.148. The second kappa shape index (κ2) is 7.22. The van der Waals surface area contributed by atoms with Crippen molar-refractivity contribution in [2.75, 3.05) is 13.1 Å². The molecule has 0 bridgehead atoms. The molecule has 1 heterocycles. The van der Waals surface area contributed by atoms with Crippen molar-refractivity contribution in [3.63, 3.8) is 0 Å². The van der Waals surface area contributed by atoms with Crippen LogP contribution in [0, 0.1) is 0 Å². The maximum atomic E-state index is 10.9. The first-order chi connectivity index (χ1) is 7.75. The molecule has 0 aromatic rings. The van der Waals surface area contributed by atoms with Gasteiger partial charge in [0.05, 0.1) is 0 Å². The Hall–Kier alpha value is -0.280. The molecule has 1 aliphatic heterocycles. The Kier molecular flexibility index (Phi) is 6.28. The van der Waals surface area contributed by atoms with Crippen molar-refractivity contribution in [2.24, 2.45) is 0 Å². The van der Waals surface area contributed by atoms with Crippen LogP contribution in [0.3, 0.4) is 0 Å². The average molecular weight is 262 g/mol. The van der Waals surface area contributed by atoms with Crippen LogP contribution < -0.4 is 0 Å². The van der Waals surface area contributed by atoms with Crippen LogP contribution in [-0.4, -0.2) is 36.1 Å². The van der Waals surface area contributed by atoms with E-state index in [0.29, 0.717) is 0 Å². The van der Waals surface area contributed by atoms with Gasteiger partial charge in [-0.05, 0) is 51.6 Å². The molecule has 0 spiro atoms. The van der Waals surface area contributed by atoms with Gasteiger partial charge in [-0.2, -0.15) is 0 Å². The standard InChI is InChI=1S/C13H23NO2.ClH/c1-11(15)16-13-7-5-12(6-8-13)14-9-3-2-4-10-14;/h12-13H,2-10H2,1H3;1H. The lowest BCUT2D eigenvalue weighted by Gasteiger charge is -2.38. The van der Waals surface area contributed by atoms with Gasteiger partial charge in [0, 0.05) is 13.0 Å². The zero-order chi connectivity index (χ0) is 11.4. The average Bonchev–Trinajstić information content (AvgIpc) is 2.30. The minimum Gasteiger partial charge on any atom is -0.463 e. The van der Waals surface area contributed by atoms with E-state index in [1.165, 1.54) is 52.1 Å². The zero-order valence-corrected chi connectivity index (χ0v) is 11.5. The minimum absolute atomic E-state index is 0. The molecule has 2 aliphatic rings. The molecule has 0 aromatic carbocycles. The molecule has 0 amide bonds. The lowest BCUT2D eigenvalue weighted by Crippen LogP contribution is -2.42. The molecule has 0 aromatic heterocycles. The fourth-order valence-corrected chi connectivity index (χ4v) is 3.05. The second-order valence-electron chi connectivity index (χ2n) is 5.14. The molecule has 0 radical (unpaired) electrons. The van der Waals surface area contributed by atoms with E-state index >= 15 is 0 Å². The van der Waals surface area contributed by atoms with Crippen LogP contribution in [0.4, 0.5) is 0 Å². The van der Waals surface area contributed by atoms with Gasteiger partial charge in [-0.1, -0.05) is 6.42 Å². The molecule has 1 aliphatic carbocycles. The first kappa shape index (κ1) is 14.8. The largest absolute Gasteiger partial charge is 0.463 e. The predicted octanol–water partition coefficient (Wildman–Crippen LogP) is 2.77. The molecule has 2 rings (SSSR count). The predicted molar refractivity (Wildman–Crippen MR) is 70.5 cm³/mol. The first-order valence-electron chi connectivity index (χ1n) is 6.67. The molecule has 3 nitrogen and oxygen atoms in total. The number of hydrogen-bond donors (Lipinski definition) is 0. The molecule has 1 saturated heterocycles. The summed E-state index contributed by atoms with van der Waals surface area (Å²) in [7, 11) is 0. The van der Waals surface area contributed by atoms with E-state index in [2.05, 4.69) is 4.90 Å². The topological polar surface area (TPSA) is 29.5 Å². The third-order valence-corrected chi connectivity index (χ3v) is 3.88. The Bertz CT molecular complexity index is 234. The summed E-state index contributed by atoms with van der Waals surface area (Å²) in [6.07, 6.45) is 8.85. The van der Waals surface area contributed by atoms with Crippen LogP contribution in [0.1, 0.15) is 51.9 Å². The molecule has 17 heavy (non-hydrogen) atoms. The fraction of sp³-hybridized carbons (Fsp3) is 0.923. The van der Waals surface area contributed by atoms with Crippen molar-refractivity contribution in [1.29, 1.82) is 0 Å². The van der Waals surface area contributed by atoms with Gasteiger partial charge < -0.3 is 9.64 Å². The number of ether oxygens (including phenoxy) is 1. The van der Waals surface area contributed by atoms with E-state index in [4.69, 9.17) is 4.74 Å². The van der Waals surface area contributed by atoms with Crippen LogP contribution in [0.15, 0.2) is 0 Å². The summed E-state index contributed by atoms with van der Waals surface area (Å²) in [6.45, 7) is 4.07. The molecule has 100 valence electrons. The van der Waals surface area contributed by atoms with E-state index in [1.807, 2.05) is 0 Å². The highest BCUT2D eigenvalue weighted by atomic mass is 35.5. The van der Waals surface area contributed by atoms with E-state index in [0.717, 1.165) is 18.9 Å². The maximum Gasteiger partial charge on any atom is 0.302 e. The van der Waals surface area contributed by atoms with Crippen LogP contribution >= 0.6 is 12.4 Å². The van der Waals surface area contributed by atoms with Gasteiger partial charge >= 0.3 is 5.97 Å². The number of halogens is 1. The molecule has 0 N–H and O–H groups in total. The Morgan fingerprint density at radius 3 is 2.18 bits per heavy atom. The summed E-state index contributed by atoms with van der Waals surface area (Å²) < 4.78 is 5.27. The van der Waals surface area contributed by atoms with Crippen LogP contribution in [0.2, 0.25) is 0 Å². The fourth-order valence-electron chi connectivity index (χ4n) is 3.05. The molecule has 0 atom stereocenters. The van der Waals surface area contributed by atoms with Crippen LogP contribution in [-0.2, 0) is 9.53 Å². The van der Waals surface area contributed by atoms with Gasteiger partial charge in [0.25, 0.3) is 0 Å². The quantitative estimate of drug-likeness (QED) is 0.716. The molecule has 4 heteroatoms.